The Hall–Kier alpha value is -3.41. The number of amides is 2. The molecular formula is C18H16FN5O3. The summed E-state index contributed by atoms with van der Waals surface area (Å²) in [5, 5.41) is 12.4. The SMILES string of the molecule is C[C@H]1COC(=O)N1c1cc2cc(NC(=O)[C@H]3C[C@@H]3C#N)ncc2c(N)c1F. The molecule has 0 radical (unpaired) electrons. The first kappa shape index (κ1) is 17.0. The van der Waals surface area contributed by atoms with E-state index in [0.717, 1.165) is 0 Å². The number of aromatic nitrogens is 1. The number of ether oxygens (including phenoxy) is 1. The number of rotatable bonds is 3. The van der Waals surface area contributed by atoms with Gasteiger partial charge in [0, 0.05) is 11.6 Å². The molecule has 3 N–H and O–H groups in total. The van der Waals surface area contributed by atoms with Crippen LogP contribution in [0.25, 0.3) is 10.8 Å². The second-order valence-corrected chi connectivity index (χ2v) is 6.78. The number of nitrogens with two attached hydrogens (primary N) is 1. The molecular weight excluding hydrogens is 353 g/mol. The number of benzene rings is 1. The molecule has 1 saturated heterocycles. The van der Waals surface area contributed by atoms with Crippen molar-refractivity contribution in [3.8, 4) is 6.07 Å². The van der Waals surface area contributed by atoms with Crippen molar-refractivity contribution in [3.05, 3.63) is 24.1 Å². The summed E-state index contributed by atoms with van der Waals surface area (Å²) in [5.41, 5.74) is 5.79. The molecule has 3 atom stereocenters. The van der Waals surface area contributed by atoms with Crippen LogP contribution in [0.3, 0.4) is 0 Å². The number of fused-ring (bicyclic) bond motifs is 1. The highest BCUT2D eigenvalue weighted by molar-refractivity contribution is 6.02. The molecule has 0 unspecified atom stereocenters. The molecule has 2 aromatic rings. The minimum absolute atomic E-state index is 0.0187. The third-order valence-electron chi connectivity index (χ3n) is 4.87. The molecule has 0 spiro atoms. The summed E-state index contributed by atoms with van der Waals surface area (Å²) < 4.78 is 19.7. The maximum Gasteiger partial charge on any atom is 0.414 e. The van der Waals surface area contributed by atoms with Gasteiger partial charge in [-0.1, -0.05) is 0 Å². The molecule has 138 valence electrons. The first-order chi connectivity index (χ1) is 12.9. The number of carbonyl (C=O) groups excluding carboxylic acids is 2. The van der Waals surface area contributed by atoms with Crippen molar-refractivity contribution in [2.24, 2.45) is 11.8 Å². The second kappa shape index (κ2) is 6.09. The van der Waals surface area contributed by atoms with Gasteiger partial charge in [-0.15, -0.1) is 0 Å². The van der Waals surface area contributed by atoms with Crippen LogP contribution in [0.1, 0.15) is 13.3 Å². The lowest BCUT2D eigenvalue weighted by Crippen LogP contribution is -2.31. The van der Waals surface area contributed by atoms with Gasteiger partial charge in [-0.3, -0.25) is 9.69 Å². The Kier molecular flexibility index (Phi) is 3.84. The van der Waals surface area contributed by atoms with Gasteiger partial charge in [0.25, 0.3) is 0 Å². The highest BCUT2D eigenvalue weighted by atomic mass is 19.1. The Labute approximate surface area is 153 Å². The number of nitrogens with one attached hydrogen (secondary N) is 1. The minimum Gasteiger partial charge on any atom is -0.447 e. The van der Waals surface area contributed by atoms with E-state index in [2.05, 4.69) is 16.4 Å². The Morgan fingerprint density at radius 3 is 2.93 bits per heavy atom. The van der Waals surface area contributed by atoms with Crippen LogP contribution in [0.15, 0.2) is 18.3 Å². The summed E-state index contributed by atoms with van der Waals surface area (Å²) in [5.74, 6) is -1.32. The second-order valence-electron chi connectivity index (χ2n) is 6.78. The van der Waals surface area contributed by atoms with Gasteiger partial charge in [0.05, 0.1) is 35.3 Å². The van der Waals surface area contributed by atoms with E-state index in [9.17, 15) is 14.0 Å². The maximum atomic E-state index is 14.7. The number of hydrogen-bond acceptors (Lipinski definition) is 6. The van der Waals surface area contributed by atoms with Crippen molar-refractivity contribution in [2.45, 2.75) is 19.4 Å². The molecule has 27 heavy (non-hydrogen) atoms. The van der Waals surface area contributed by atoms with Crippen LogP contribution in [0.4, 0.5) is 26.4 Å². The minimum atomic E-state index is -0.721. The number of nitriles is 1. The summed E-state index contributed by atoms with van der Waals surface area (Å²) >= 11 is 0. The van der Waals surface area contributed by atoms with Crippen molar-refractivity contribution in [1.29, 1.82) is 5.26 Å². The number of nitrogen functional groups attached to an aromatic ring is 1. The van der Waals surface area contributed by atoms with Crippen LogP contribution in [0, 0.1) is 29.0 Å². The molecule has 1 saturated carbocycles. The highest BCUT2D eigenvalue weighted by Crippen LogP contribution is 2.39. The van der Waals surface area contributed by atoms with Crippen LogP contribution in [0.2, 0.25) is 0 Å². The highest BCUT2D eigenvalue weighted by Gasteiger charge is 2.43. The van der Waals surface area contributed by atoms with Crippen molar-refractivity contribution in [2.75, 3.05) is 22.6 Å². The summed E-state index contributed by atoms with van der Waals surface area (Å²) in [6.45, 7) is 1.90. The van der Waals surface area contributed by atoms with Gasteiger partial charge < -0.3 is 15.8 Å². The number of hydrogen-bond donors (Lipinski definition) is 2. The molecule has 2 amide bonds. The van der Waals surface area contributed by atoms with Gasteiger partial charge in [-0.2, -0.15) is 5.26 Å². The van der Waals surface area contributed by atoms with E-state index in [1.54, 1.807) is 13.0 Å². The van der Waals surface area contributed by atoms with Crippen molar-refractivity contribution in [1.82, 2.24) is 4.98 Å². The van der Waals surface area contributed by atoms with Gasteiger partial charge in [0.1, 0.15) is 12.4 Å². The van der Waals surface area contributed by atoms with E-state index in [0.29, 0.717) is 17.2 Å². The first-order valence-electron chi connectivity index (χ1n) is 8.45. The topological polar surface area (TPSA) is 121 Å². The van der Waals surface area contributed by atoms with Gasteiger partial charge in [-0.05, 0) is 30.9 Å². The fourth-order valence-electron chi connectivity index (χ4n) is 3.22. The van der Waals surface area contributed by atoms with E-state index in [4.69, 9.17) is 15.7 Å². The summed E-state index contributed by atoms with van der Waals surface area (Å²) in [4.78, 5) is 29.4. The predicted octanol–water partition coefficient (Wildman–Crippen LogP) is 2.40. The zero-order valence-corrected chi connectivity index (χ0v) is 14.4. The summed E-state index contributed by atoms with van der Waals surface area (Å²) in [7, 11) is 0. The van der Waals surface area contributed by atoms with Crippen LogP contribution >= 0.6 is 0 Å². The zero-order valence-electron chi connectivity index (χ0n) is 14.4. The van der Waals surface area contributed by atoms with Crippen molar-refractivity contribution < 1.29 is 18.7 Å². The molecule has 0 bridgehead atoms. The van der Waals surface area contributed by atoms with E-state index < -0.39 is 11.9 Å². The molecule has 9 heteroatoms. The molecule has 2 heterocycles. The smallest absolute Gasteiger partial charge is 0.414 e. The predicted molar refractivity (Wildman–Crippen MR) is 95.2 cm³/mol. The maximum absolute atomic E-state index is 14.7. The number of nitrogens with zero attached hydrogens (tertiary/aromatic N) is 3. The quantitative estimate of drug-likeness (QED) is 0.801. The molecule has 1 aliphatic carbocycles. The monoisotopic (exact) mass is 369 g/mol. The molecule has 2 fully saturated rings. The first-order valence-corrected chi connectivity index (χ1v) is 8.45. The number of carbonyl (C=O) groups is 2. The van der Waals surface area contributed by atoms with Crippen LogP contribution < -0.4 is 16.0 Å². The fraction of sp³-hybridized carbons (Fsp3) is 0.333. The van der Waals surface area contributed by atoms with Gasteiger partial charge in [-0.25, -0.2) is 14.2 Å². The van der Waals surface area contributed by atoms with E-state index in [1.807, 2.05) is 0 Å². The number of cyclic esters (lactones) is 1. The van der Waals surface area contributed by atoms with Crippen LogP contribution in [-0.4, -0.2) is 29.6 Å². The zero-order chi connectivity index (χ0) is 19.3. The number of pyridine rings is 1. The lowest BCUT2D eigenvalue weighted by Gasteiger charge is -2.20. The summed E-state index contributed by atoms with van der Waals surface area (Å²) in [6.07, 6.45) is 1.26. The lowest BCUT2D eigenvalue weighted by atomic mass is 10.1. The molecule has 2 aliphatic rings. The molecule has 1 aromatic carbocycles. The van der Waals surface area contributed by atoms with Crippen molar-refractivity contribution in [3.63, 3.8) is 0 Å². The average molecular weight is 369 g/mol. The Morgan fingerprint density at radius 2 is 2.30 bits per heavy atom. The van der Waals surface area contributed by atoms with Crippen LogP contribution in [-0.2, 0) is 9.53 Å². The average Bonchev–Trinajstić information content (AvgIpc) is 3.37. The Bertz CT molecular complexity index is 1020. The molecule has 4 rings (SSSR count). The van der Waals surface area contributed by atoms with Gasteiger partial charge in [0.2, 0.25) is 5.91 Å². The molecule has 8 nitrogen and oxygen atoms in total. The molecule has 1 aromatic heterocycles. The third-order valence-corrected chi connectivity index (χ3v) is 4.87. The number of halogens is 1. The Balaban J connectivity index is 1.70. The van der Waals surface area contributed by atoms with Gasteiger partial charge >= 0.3 is 6.09 Å². The standard InChI is InChI=1S/C18H16FN5O3/c1-8-7-27-18(26)24(8)13-3-9-4-14(22-6-12(9)16(21)15(13)19)23-17(25)11-2-10(11)5-20/h3-4,6,8,10-11H,2,7,21H2,1H3,(H,22,23,25)/t8-,10+,11-/m0/s1. The van der Waals surface area contributed by atoms with E-state index in [-0.39, 0.29) is 47.6 Å². The molecule has 1 aliphatic heterocycles. The summed E-state index contributed by atoms with van der Waals surface area (Å²) in [6, 6.07) is 4.77. The number of anilines is 3. The lowest BCUT2D eigenvalue weighted by molar-refractivity contribution is -0.117. The Morgan fingerprint density at radius 1 is 1.52 bits per heavy atom. The van der Waals surface area contributed by atoms with Crippen molar-refractivity contribution >= 4 is 40.0 Å². The van der Waals surface area contributed by atoms with Gasteiger partial charge in [0.15, 0.2) is 5.82 Å². The van der Waals surface area contributed by atoms with Crippen LogP contribution in [0.5, 0.6) is 0 Å². The van der Waals surface area contributed by atoms with E-state index >= 15 is 0 Å². The normalized spacial score (nSPS) is 23.8. The third kappa shape index (κ3) is 2.79. The fourth-order valence-corrected chi connectivity index (χ4v) is 3.22. The largest absolute Gasteiger partial charge is 0.447 e. The van der Waals surface area contributed by atoms with E-state index in [1.165, 1.54) is 17.2 Å².